The summed E-state index contributed by atoms with van der Waals surface area (Å²) in [5, 5.41) is 27.5. The van der Waals surface area contributed by atoms with E-state index in [0.29, 0.717) is 12.8 Å². The number of aryl methyl sites for hydroxylation is 4. The van der Waals surface area contributed by atoms with Gasteiger partial charge in [-0.25, -0.2) is 4.79 Å². The molecule has 0 bridgehead atoms. The number of nitrogens with two attached hydrogens (primary N) is 1. The molecule has 0 saturated heterocycles. The van der Waals surface area contributed by atoms with E-state index in [1.54, 1.807) is 6.92 Å². The Kier molecular flexibility index (Phi) is 30.5. The van der Waals surface area contributed by atoms with Crippen molar-refractivity contribution in [3.05, 3.63) is 119 Å². The van der Waals surface area contributed by atoms with E-state index in [9.17, 15) is 14.4 Å². The molecule has 0 saturated carbocycles. The summed E-state index contributed by atoms with van der Waals surface area (Å²) in [6, 6.07) is 34.9. The van der Waals surface area contributed by atoms with E-state index in [1.807, 2.05) is 20.8 Å². The van der Waals surface area contributed by atoms with Crippen molar-refractivity contribution in [1.29, 1.82) is 0 Å². The molecule has 4 aliphatic rings. The van der Waals surface area contributed by atoms with Gasteiger partial charge in [-0.3, -0.25) is 4.79 Å². The van der Waals surface area contributed by atoms with Crippen LogP contribution < -0.4 is 31.1 Å². The molecule has 4 aliphatic heterocycles. The van der Waals surface area contributed by atoms with E-state index in [4.69, 9.17) is 16.1 Å². The smallest absolute Gasteiger partial charge is 0.352 e. The second kappa shape index (κ2) is 36.5. The summed E-state index contributed by atoms with van der Waals surface area (Å²) in [6.07, 6.45) is 17.6. The van der Waals surface area contributed by atoms with Gasteiger partial charge >= 0.3 is 5.97 Å². The number of anilines is 4. The highest BCUT2D eigenvalue weighted by molar-refractivity contribution is 6.26. The van der Waals surface area contributed by atoms with E-state index in [-0.39, 0.29) is 23.9 Å². The molecular weight excluding hydrogens is 929 g/mol. The number of nitrogens with one attached hydrogen (secondary N) is 2. The van der Waals surface area contributed by atoms with Crippen LogP contribution in [0.5, 0.6) is 0 Å². The lowest BCUT2D eigenvalue weighted by Gasteiger charge is -2.28. The number of carbonyl (C=O) groups is 3. The quantitative estimate of drug-likeness (QED) is 0.0317. The summed E-state index contributed by atoms with van der Waals surface area (Å²) in [6.45, 7) is 21.7. The van der Waals surface area contributed by atoms with Crippen LogP contribution in [0.15, 0.2) is 107 Å². The Labute approximate surface area is 443 Å². The molecule has 14 heteroatoms. The van der Waals surface area contributed by atoms with Gasteiger partial charge in [0.2, 0.25) is 0 Å². The molecule has 0 spiro atoms. The maximum atomic E-state index is 11.4. The Morgan fingerprint density at radius 2 is 1.04 bits per heavy atom. The van der Waals surface area contributed by atoms with Gasteiger partial charge in [0.25, 0.3) is 5.91 Å². The number of rotatable bonds is 11. The average molecular weight is 1020 g/mol. The number of hydrogen-bond donors (Lipinski definition) is 5. The van der Waals surface area contributed by atoms with Crippen LogP contribution in [-0.4, -0.2) is 106 Å². The number of oxime groups is 2. The van der Waals surface area contributed by atoms with Crippen LogP contribution in [0.3, 0.4) is 0 Å². The first kappa shape index (κ1) is 61.9. The standard InChI is InChI=1S/C15H21N3O2.C14H21N.C13H20N2.C10H13N.C4H7NO3.C4H8O/c1-12(17-15(19)10-16-20)11-18-9-5-4-7-13-6-2-3-8-14(13)18;1-12(2)11-15-10-6-5-8-13-7-3-4-9-14(13)15;1-11(14)10-15-9-5-4-7-12-6-2-3-8-13(12)15;1-2-7-10-9(5-1)6-3-4-8-11-10;1-2-8-4(6)3-5-7;1-4(2)3-5/h2-3,6,8,10,12,20H,4-5,7,9,11H2,1H3,(H,17,19);3-4,7,9,12H,5-6,8,10-11H2,1-2H3;2-3,6,8,11H,4-5,7,9-10,14H2,1H3;1-2,5,7,11H,3-4,6,8H2;3,7H,2H2,1H3;3-4H,1-2H3/b16-10+;;;;5-3+;/t12-;;11-;;;/m0.0.../s1. The Balaban J connectivity index is 0.000000244. The molecule has 4 heterocycles. The van der Waals surface area contributed by atoms with Crippen LogP contribution in [0.25, 0.3) is 0 Å². The van der Waals surface area contributed by atoms with Crippen molar-refractivity contribution in [1.82, 2.24) is 5.32 Å². The normalized spacial score (nSPS) is 15.5. The fourth-order valence-corrected chi connectivity index (χ4v) is 9.17. The molecule has 0 radical (unpaired) electrons. The summed E-state index contributed by atoms with van der Waals surface area (Å²) in [4.78, 5) is 38.3. The Morgan fingerprint density at radius 3 is 1.49 bits per heavy atom. The predicted molar refractivity (Wildman–Crippen MR) is 307 cm³/mol. The molecule has 0 aliphatic carbocycles. The molecule has 1 amide bonds. The van der Waals surface area contributed by atoms with Crippen molar-refractivity contribution < 1.29 is 29.5 Å². The van der Waals surface area contributed by atoms with E-state index >= 15 is 0 Å². The number of aldehydes is 1. The van der Waals surface area contributed by atoms with Gasteiger partial charge in [0, 0.05) is 86.6 Å². The average Bonchev–Trinajstić information content (AvgIpc) is 3.92. The maximum absolute atomic E-state index is 11.4. The van der Waals surface area contributed by atoms with Gasteiger partial charge in [-0.1, -0.05) is 111 Å². The number of ether oxygens (including phenoxy) is 1. The molecule has 6 N–H and O–H groups in total. The molecule has 14 nitrogen and oxygen atoms in total. The van der Waals surface area contributed by atoms with Crippen LogP contribution in [-0.2, 0) is 44.8 Å². The zero-order chi connectivity index (χ0) is 53.9. The van der Waals surface area contributed by atoms with Crippen molar-refractivity contribution in [3.63, 3.8) is 0 Å². The first-order valence-electron chi connectivity index (χ1n) is 27.1. The fourth-order valence-electron chi connectivity index (χ4n) is 9.17. The van der Waals surface area contributed by atoms with Gasteiger partial charge in [-0.15, -0.1) is 0 Å². The van der Waals surface area contributed by atoms with E-state index in [2.05, 4.69) is 158 Å². The van der Waals surface area contributed by atoms with E-state index in [1.165, 1.54) is 122 Å². The number of benzene rings is 4. The fraction of sp³-hybridized carbons (Fsp3) is 0.517. The third kappa shape index (κ3) is 24.5. The second-order valence-electron chi connectivity index (χ2n) is 20.0. The number of para-hydroxylation sites is 4. The number of carbonyl (C=O) groups excluding carboxylic acids is 3. The highest BCUT2D eigenvalue weighted by Gasteiger charge is 2.19. The molecule has 74 heavy (non-hydrogen) atoms. The Hall–Kier alpha value is -6.41. The molecule has 0 fully saturated rings. The molecule has 8 rings (SSSR count). The molecule has 0 aromatic heterocycles. The van der Waals surface area contributed by atoms with E-state index < -0.39 is 5.97 Å². The SMILES string of the molecule is CC(C)C=O.CC(C)CN1CCCCc2ccccc21.CCOC(=O)/C=N/O.C[C@@H](CN1CCCCc2ccccc21)NC(=O)/C=N/O.C[C@H](N)CN1CCCCc2ccccc21.c1ccc2c(c1)CCCCN2. The Bertz CT molecular complexity index is 2160. The minimum absolute atomic E-state index is 0.00773. The minimum atomic E-state index is -0.630. The summed E-state index contributed by atoms with van der Waals surface area (Å²) in [5.74, 6) is -0.0516. The number of fused-ring (bicyclic) bond motifs is 4. The van der Waals surface area contributed by atoms with Crippen molar-refractivity contribution in [3.8, 4) is 0 Å². The number of esters is 1. The Morgan fingerprint density at radius 1 is 0.622 bits per heavy atom. The van der Waals surface area contributed by atoms with Gasteiger partial charge in [0.1, 0.15) is 12.5 Å². The van der Waals surface area contributed by atoms with Crippen LogP contribution >= 0.6 is 0 Å². The lowest BCUT2D eigenvalue weighted by Crippen LogP contribution is -2.42. The van der Waals surface area contributed by atoms with Crippen LogP contribution in [0.4, 0.5) is 22.7 Å². The van der Waals surface area contributed by atoms with Crippen LogP contribution in [0, 0.1) is 11.8 Å². The first-order valence-corrected chi connectivity index (χ1v) is 27.1. The highest BCUT2D eigenvalue weighted by atomic mass is 16.5. The highest BCUT2D eigenvalue weighted by Crippen LogP contribution is 2.29. The third-order valence-corrected chi connectivity index (χ3v) is 12.4. The van der Waals surface area contributed by atoms with Gasteiger partial charge in [0.15, 0.2) is 6.21 Å². The zero-order valence-corrected chi connectivity index (χ0v) is 45.8. The monoisotopic (exact) mass is 1020 g/mol. The molecule has 0 unspecified atom stereocenters. The topological polar surface area (TPSA) is 185 Å². The third-order valence-electron chi connectivity index (χ3n) is 12.4. The first-order chi connectivity index (χ1) is 35.8. The molecular formula is C60H90N8O6. The summed E-state index contributed by atoms with van der Waals surface area (Å²) < 4.78 is 4.33. The van der Waals surface area contributed by atoms with Crippen molar-refractivity contribution >= 4 is 53.3 Å². The molecule has 406 valence electrons. The van der Waals surface area contributed by atoms with Crippen molar-refractivity contribution in [2.75, 3.05) is 72.4 Å². The largest absolute Gasteiger partial charge is 0.462 e. The van der Waals surface area contributed by atoms with Gasteiger partial charge < -0.3 is 51.0 Å². The number of hydrogen-bond acceptors (Lipinski definition) is 13. The van der Waals surface area contributed by atoms with Gasteiger partial charge in [-0.2, -0.15) is 0 Å². The van der Waals surface area contributed by atoms with Crippen molar-refractivity contribution in [2.45, 2.75) is 138 Å². The minimum Gasteiger partial charge on any atom is -0.462 e. The van der Waals surface area contributed by atoms with E-state index in [0.717, 1.165) is 64.0 Å². The second-order valence-corrected chi connectivity index (χ2v) is 20.0. The summed E-state index contributed by atoms with van der Waals surface area (Å²) in [5.41, 5.74) is 17.2. The van der Waals surface area contributed by atoms with Gasteiger partial charge in [-0.05, 0) is 150 Å². The molecule has 4 aromatic rings. The van der Waals surface area contributed by atoms with Crippen molar-refractivity contribution in [2.24, 2.45) is 27.9 Å². The number of amides is 1. The maximum Gasteiger partial charge on any atom is 0.352 e. The zero-order valence-electron chi connectivity index (χ0n) is 45.8. The molecule has 2 atom stereocenters. The molecule has 4 aromatic carbocycles. The van der Waals surface area contributed by atoms with Crippen LogP contribution in [0.2, 0.25) is 0 Å². The van der Waals surface area contributed by atoms with Crippen LogP contribution in [0.1, 0.15) is 122 Å². The van der Waals surface area contributed by atoms with Gasteiger partial charge in [0.05, 0.1) is 6.61 Å². The number of nitrogens with zero attached hydrogens (tertiary/aromatic N) is 5. The lowest BCUT2D eigenvalue weighted by atomic mass is 10.1. The summed E-state index contributed by atoms with van der Waals surface area (Å²) >= 11 is 0. The summed E-state index contributed by atoms with van der Waals surface area (Å²) in [7, 11) is 0. The predicted octanol–water partition coefficient (Wildman–Crippen LogP) is 10.7. The lowest BCUT2D eigenvalue weighted by molar-refractivity contribution is -0.134.